The van der Waals surface area contributed by atoms with Crippen LogP contribution in [0, 0.1) is 5.82 Å². The summed E-state index contributed by atoms with van der Waals surface area (Å²) in [4.78, 5) is 11.9. The van der Waals surface area contributed by atoms with Crippen molar-refractivity contribution in [1.82, 2.24) is 10.5 Å². The smallest absolute Gasteiger partial charge is 0.256 e. The van der Waals surface area contributed by atoms with E-state index >= 15 is 0 Å². The third-order valence-corrected chi connectivity index (χ3v) is 3.04. The number of aromatic nitrogens is 1. The summed E-state index contributed by atoms with van der Waals surface area (Å²) in [5, 5.41) is 6.41. The fourth-order valence-corrected chi connectivity index (χ4v) is 1.91. The van der Waals surface area contributed by atoms with E-state index in [0.29, 0.717) is 28.9 Å². The van der Waals surface area contributed by atoms with Crippen LogP contribution in [-0.2, 0) is 6.42 Å². The van der Waals surface area contributed by atoms with Gasteiger partial charge in [-0.2, -0.15) is 0 Å². The highest BCUT2D eigenvalue weighted by Crippen LogP contribution is 2.20. The van der Waals surface area contributed by atoms with Crippen molar-refractivity contribution >= 4 is 17.7 Å². The Labute approximate surface area is 121 Å². The molecule has 0 radical (unpaired) electrons. The van der Waals surface area contributed by atoms with Gasteiger partial charge in [0, 0.05) is 18.8 Å². The van der Waals surface area contributed by atoms with Gasteiger partial charge in [-0.1, -0.05) is 24.2 Å². The van der Waals surface area contributed by atoms with Crippen molar-refractivity contribution in [2.45, 2.75) is 13.3 Å². The monoisotopic (exact) mass is 289 g/mol. The van der Waals surface area contributed by atoms with Crippen LogP contribution < -0.4 is 11.1 Å². The lowest BCUT2D eigenvalue weighted by molar-refractivity contribution is 0.0961. The Morgan fingerprint density at radius 3 is 2.67 bits per heavy atom. The molecule has 0 saturated heterocycles. The molecule has 1 aromatic heterocycles. The number of nitrogens with one attached hydrogen (secondary N) is 1. The van der Waals surface area contributed by atoms with Crippen LogP contribution >= 0.6 is 0 Å². The lowest BCUT2D eigenvalue weighted by atomic mass is 10.1. The van der Waals surface area contributed by atoms with Crippen LogP contribution in [0.3, 0.4) is 0 Å². The van der Waals surface area contributed by atoms with Gasteiger partial charge in [-0.15, -0.1) is 0 Å². The number of rotatable bonds is 4. The van der Waals surface area contributed by atoms with Gasteiger partial charge < -0.3 is 15.6 Å². The Hall–Kier alpha value is -2.63. The fourth-order valence-electron chi connectivity index (χ4n) is 1.91. The molecule has 3 N–H and O–H groups in total. The molecule has 0 saturated carbocycles. The molecule has 0 unspecified atom stereocenters. The quantitative estimate of drug-likeness (QED) is 0.904. The summed E-state index contributed by atoms with van der Waals surface area (Å²) in [6.45, 7) is 1.88. The van der Waals surface area contributed by atoms with Crippen molar-refractivity contribution in [2.24, 2.45) is 5.73 Å². The van der Waals surface area contributed by atoms with Crippen molar-refractivity contribution in [3.05, 3.63) is 52.7 Å². The highest BCUT2D eigenvalue weighted by atomic mass is 19.1. The molecule has 0 fully saturated rings. The lowest BCUT2D eigenvalue weighted by Crippen LogP contribution is -2.19. The summed E-state index contributed by atoms with van der Waals surface area (Å²) in [5.74, 6) is -0.343. The topological polar surface area (TPSA) is 81.2 Å². The number of amides is 1. The van der Waals surface area contributed by atoms with E-state index in [-0.39, 0.29) is 17.5 Å². The average molecular weight is 289 g/mol. The van der Waals surface area contributed by atoms with E-state index < -0.39 is 0 Å². The van der Waals surface area contributed by atoms with Crippen LogP contribution in [0.15, 0.2) is 28.8 Å². The second kappa shape index (κ2) is 6.21. The Kier molecular flexibility index (Phi) is 4.37. The molecule has 0 spiro atoms. The normalized spacial score (nSPS) is 11.5. The van der Waals surface area contributed by atoms with Crippen LogP contribution in [0.1, 0.15) is 34.3 Å². The summed E-state index contributed by atoms with van der Waals surface area (Å²) in [6, 6.07) is 5.73. The third kappa shape index (κ3) is 3.10. The van der Waals surface area contributed by atoms with E-state index in [1.165, 1.54) is 25.3 Å². The van der Waals surface area contributed by atoms with E-state index in [4.69, 9.17) is 10.3 Å². The molecule has 2 aromatic rings. The largest absolute Gasteiger partial charge is 0.398 e. The van der Waals surface area contributed by atoms with Gasteiger partial charge in [-0.25, -0.2) is 4.39 Å². The van der Waals surface area contributed by atoms with Gasteiger partial charge in [-0.05, 0) is 24.1 Å². The van der Waals surface area contributed by atoms with Crippen LogP contribution in [0.4, 0.5) is 4.39 Å². The summed E-state index contributed by atoms with van der Waals surface area (Å²) in [7, 11) is 1.53. The average Bonchev–Trinajstić information content (AvgIpc) is 2.89. The molecule has 6 heteroatoms. The molecule has 21 heavy (non-hydrogen) atoms. The highest BCUT2D eigenvalue weighted by Gasteiger charge is 2.19. The number of hydrogen-bond acceptors (Lipinski definition) is 4. The Morgan fingerprint density at radius 1 is 1.43 bits per heavy atom. The number of nitrogens with two attached hydrogens (primary N) is 1. The van der Waals surface area contributed by atoms with Gasteiger partial charge in [0.05, 0.1) is 5.69 Å². The number of benzene rings is 1. The van der Waals surface area contributed by atoms with Gasteiger partial charge in [-0.3, -0.25) is 4.79 Å². The maximum atomic E-state index is 12.9. The van der Waals surface area contributed by atoms with Crippen molar-refractivity contribution in [1.29, 1.82) is 0 Å². The predicted molar refractivity (Wildman–Crippen MR) is 77.7 cm³/mol. The first-order valence-corrected chi connectivity index (χ1v) is 6.50. The van der Waals surface area contributed by atoms with E-state index in [0.717, 1.165) is 0 Å². The zero-order valence-electron chi connectivity index (χ0n) is 11.8. The second-order valence-electron chi connectivity index (χ2n) is 4.41. The van der Waals surface area contributed by atoms with Crippen LogP contribution in [-0.4, -0.2) is 18.1 Å². The van der Waals surface area contributed by atoms with Gasteiger partial charge in [0.1, 0.15) is 11.4 Å². The van der Waals surface area contributed by atoms with Crippen molar-refractivity contribution in [2.75, 3.05) is 7.05 Å². The van der Waals surface area contributed by atoms with Gasteiger partial charge >= 0.3 is 0 Å². The molecule has 1 aromatic carbocycles. The SMILES string of the molecule is CCc1noc(C=C(N)c2ccc(F)cc2)c1C(=O)NC. The number of carbonyl (C=O) groups is 1. The Balaban J connectivity index is 2.42. The first kappa shape index (κ1) is 14.8. The molecule has 5 nitrogen and oxygen atoms in total. The molecule has 0 aliphatic heterocycles. The lowest BCUT2D eigenvalue weighted by Gasteiger charge is -2.02. The van der Waals surface area contributed by atoms with Crippen LogP contribution in [0.2, 0.25) is 0 Å². The molecular weight excluding hydrogens is 273 g/mol. The second-order valence-corrected chi connectivity index (χ2v) is 4.41. The molecule has 110 valence electrons. The van der Waals surface area contributed by atoms with E-state index in [1.807, 2.05) is 6.92 Å². The first-order chi connectivity index (χ1) is 10.1. The first-order valence-electron chi connectivity index (χ1n) is 6.50. The van der Waals surface area contributed by atoms with Gasteiger partial charge in [0.15, 0.2) is 5.76 Å². The standard InChI is InChI=1S/C15H16FN3O2/c1-3-12-14(15(20)18-2)13(21-19-12)8-11(17)9-4-6-10(16)7-5-9/h4-8H,3,17H2,1-2H3,(H,18,20). The van der Waals surface area contributed by atoms with Gasteiger partial charge in [0.2, 0.25) is 0 Å². The number of carbonyl (C=O) groups excluding carboxylic acids is 1. The summed E-state index contributed by atoms with van der Waals surface area (Å²) in [5.41, 5.74) is 7.88. The molecule has 0 bridgehead atoms. The maximum absolute atomic E-state index is 12.9. The van der Waals surface area contributed by atoms with E-state index in [2.05, 4.69) is 10.5 Å². The molecule has 0 atom stereocenters. The summed E-state index contributed by atoms with van der Waals surface area (Å²) >= 11 is 0. The van der Waals surface area contributed by atoms with Crippen molar-refractivity contribution < 1.29 is 13.7 Å². The molecule has 0 aliphatic rings. The molecule has 1 amide bonds. The Bertz CT molecular complexity index is 675. The number of halogens is 1. The van der Waals surface area contributed by atoms with Crippen LogP contribution in [0.5, 0.6) is 0 Å². The number of nitrogens with zero attached hydrogens (tertiary/aromatic N) is 1. The summed E-state index contributed by atoms with van der Waals surface area (Å²) < 4.78 is 18.1. The molecular formula is C15H16FN3O2. The Morgan fingerprint density at radius 2 is 2.10 bits per heavy atom. The fraction of sp³-hybridized carbons (Fsp3) is 0.200. The highest BCUT2D eigenvalue weighted by molar-refractivity contribution is 5.99. The zero-order valence-corrected chi connectivity index (χ0v) is 11.8. The number of hydrogen-bond donors (Lipinski definition) is 2. The minimum absolute atomic E-state index is 0.285. The molecule has 1 heterocycles. The summed E-state index contributed by atoms with van der Waals surface area (Å²) in [6.07, 6.45) is 2.08. The van der Waals surface area contributed by atoms with Crippen molar-refractivity contribution in [3.63, 3.8) is 0 Å². The zero-order chi connectivity index (χ0) is 15.4. The molecule has 0 aliphatic carbocycles. The maximum Gasteiger partial charge on any atom is 0.256 e. The van der Waals surface area contributed by atoms with Crippen molar-refractivity contribution in [3.8, 4) is 0 Å². The third-order valence-electron chi connectivity index (χ3n) is 3.04. The van der Waals surface area contributed by atoms with E-state index in [9.17, 15) is 9.18 Å². The van der Waals surface area contributed by atoms with Gasteiger partial charge in [0.25, 0.3) is 5.91 Å². The van der Waals surface area contributed by atoms with E-state index in [1.54, 1.807) is 12.1 Å². The number of aryl methyl sites for hydroxylation is 1. The molecule has 2 rings (SSSR count). The minimum Gasteiger partial charge on any atom is -0.398 e. The van der Waals surface area contributed by atoms with Crippen LogP contribution in [0.25, 0.3) is 11.8 Å². The predicted octanol–water partition coefficient (Wildman–Crippen LogP) is 2.19. The minimum atomic E-state index is -0.342.